The topological polar surface area (TPSA) is 0 Å². The highest BCUT2D eigenvalue weighted by Gasteiger charge is 2.29. The zero-order valence-corrected chi connectivity index (χ0v) is 11.2. The zero-order valence-electron chi connectivity index (χ0n) is 10.4. The van der Waals surface area contributed by atoms with Crippen molar-refractivity contribution in [2.24, 2.45) is 0 Å². The number of allylic oxidation sites excluding steroid dienone is 6. The van der Waals surface area contributed by atoms with Gasteiger partial charge in [0.25, 0.3) is 0 Å². The van der Waals surface area contributed by atoms with Crippen molar-refractivity contribution in [2.45, 2.75) is 37.9 Å². The molecular formula is C15H22S. The third-order valence-corrected chi connectivity index (χ3v) is 4.51. The second-order valence-corrected chi connectivity index (χ2v) is 5.61. The van der Waals surface area contributed by atoms with Crippen molar-refractivity contribution in [3.05, 3.63) is 48.6 Å². The molecular weight excluding hydrogens is 212 g/mol. The fourth-order valence-electron chi connectivity index (χ4n) is 2.10. The molecule has 0 radical (unpaired) electrons. The first-order valence-corrected chi connectivity index (χ1v) is 7.06. The summed E-state index contributed by atoms with van der Waals surface area (Å²) in [4.78, 5) is 0. The summed E-state index contributed by atoms with van der Waals surface area (Å²) < 4.78 is 0.224. The molecule has 0 bridgehead atoms. The summed E-state index contributed by atoms with van der Waals surface area (Å²) in [5.74, 6) is 1.15. The first-order valence-electron chi connectivity index (χ1n) is 6.07. The second kappa shape index (κ2) is 6.80. The maximum absolute atomic E-state index is 3.91. The van der Waals surface area contributed by atoms with E-state index in [1.54, 1.807) is 0 Å². The Labute approximate surface area is 104 Å². The van der Waals surface area contributed by atoms with E-state index in [-0.39, 0.29) is 4.75 Å². The first kappa shape index (κ1) is 13.4. The van der Waals surface area contributed by atoms with Gasteiger partial charge in [-0.05, 0) is 30.6 Å². The van der Waals surface area contributed by atoms with Crippen molar-refractivity contribution < 1.29 is 0 Å². The van der Waals surface area contributed by atoms with E-state index < -0.39 is 0 Å². The van der Waals surface area contributed by atoms with E-state index in [1.165, 1.54) is 5.57 Å². The van der Waals surface area contributed by atoms with Gasteiger partial charge in [0.2, 0.25) is 0 Å². The molecule has 0 saturated carbocycles. The Bertz CT molecular complexity index is 309. The van der Waals surface area contributed by atoms with E-state index in [4.69, 9.17) is 0 Å². The van der Waals surface area contributed by atoms with Crippen LogP contribution in [0.5, 0.6) is 0 Å². The van der Waals surface area contributed by atoms with Crippen LogP contribution in [0.15, 0.2) is 48.6 Å². The van der Waals surface area contributed by atoms with Gasteiger partial charge in [-0.3, -0.25) is 0 Å². The number of thioether (sulfide) groups is 1. The number of hydrogen-bond acceptors (Lipinski definition) is 1. The predicted molar refractivity (Wildman–Crippen MR) is 76.9 cm³/mol. The van der Waals surface area contributed by atoms with E-state index in [1.807, 2.05) is 11.8 Å². The third-order valence-electron chi connectivity index (χ3n) is 2.97. The Balaban J connectivity index is 3.01. The van der Waals surface area contributed by atoms with Gasteiger partial charge in [0.15, 0.2) is 0 Å². The maximum atomic E-state index is 3.91. The largest absolute Gasteiger partial charge is 0.150 e. The van der Waals surface area contributed by atoms with Crippen LogP contribution in [0, 0.1) is 0 Å². The Morgan fingerprint density at radius 3 is 2.88 bits per heavy atom. The van der Waals surface area contributed by atoms with Crippen LogP contribution < -0.4 is 0 Å². The third kappa shape index (κ3) is 3.15. The lowest BCUT2D eigenvalue weighted by atomic mass is 9.91. The Morgan fingerprint density at radius 2 is 2.25 bits per heavy atom. The highest BCUT2D eigenvalue weighted by Crippen LogP contribution is 2.40. The number of hydrogen-bond donors (Lipinski definition) is 0. The van der Waals surface area contributed by atoms with Gasteiger partial charge in [-0.1, -0.05) is 50.3 Å². The molecule has 0 aromatic carbocycles. The Kier molecular flexibility index (Phi) is 5.68. The molecule has 1 aliphatic carbocycles. The zero-order chi connectivity index (χ0) is 11.9. The molecule has 0 N–H and O–H groups in total. The summed E-state index contributed by atoms with van der Waals surface area (Å²) in [6.45, 7) is 8.42. The average Bonchev–Trinajstić information content (AvgIpc) is 2.57. The normalized spacial score (nSPS) is 18.8. The highest BCUT2D eigenvalue weighted by molar-refractivity contribution is 8.00. The Morgan fingerprint density at radius 1 is 1.44 bits per heavy atom. The van der Waals surface area contributed by atoms with Crippen molar-refractivity contribution in [1.82, 2.24) is 0 Å². The molecule has 0 nitrogen and oxygen atoms in total. The lowest BCUT2D eigenvalue weighted by Crippen LogP contribution is -2.25. The smallest absolute Gasteiger partial charge is 0.0439 e. The standard InChI is InChI=1S/C15H22S/c1-4-13-15(5-2,16-6-3)14-11-9-7-8-10-12-14/h4,7,9-12H,1,5-6,8,13H2,2-3H3. The molecule has 1 heteroatoms. The minimum atomic E-state index is 0.224. The SMILES string of the molecule is C=CCC(CC)(SCC)C1=CC=CCC=C1. The lowest BCUT2D eigenvalue weighted by Gasteiger charge is -2.32. The molecule has 0 spiro atoms. The molecule has 88 valence electrons. The molecule has 1 atom stereocenters. The van der Waals surface area contributed by atoms with Gasteiger partial charge >= 0.3 is 0 Å². The van der Waals surface area contributed by atoms with Crippen LogP contribution in [-0.4, -0.2) is 10.5 Å². The summed E-state index contributed by atoms with van der Waals surface area (Å²) in [7, 11) is 0. The van der Waals surface area contributed by atoms with E-state index in [0.29, 0.717) is 0 Å². The first-order chi connectivity index (χ1) is 7.79. The van der Waals surface area contributed by atoms with Gasteiger partial charge in [0.1, 0.15) is 0 Å². The van der Waals surface area contributed by atoms with Gasteiger partial charge in [0, 0.05) is 4.75 Å². The second-order valence-electron chi connectivity index (χ2n) is 3.96. The highest BCUT2D eigenvalue weighted by atomic mass is 32.2. The molecule has 1 rings (SSSR count). The fraction of sp³-hybridized carbons (Fsp3) is 0.467. The van der Waals surface area contributed by atoms with Crippen molar-refractivity contribution >= 4 is 11.8 Å². The predicted octanol–water partition coefficient (Wildman–Crippen LogP) is 4.91. The summed E-state index contributed by atoms with van der Waals surface area (Å²) in [6.07, 6.45) is 16.5. The molecule has 0 amide bonds. The molecule has 0 aliphatic heterocycles. The molecule has 1 aliphatic rings. The van der Waals surface area contributed by atoms with E-state index in [0.717, 1.165) is 25.0 Å². The van der Waals surface area contributed by atoms with Crippen LogP contribution in [0.4, 0.5) is 0 Å². The van der Waals surface area contributed by atoms with Crippen LogP contribution in [-0.2, 0) is 0 Å². The minimum absolute atomic E-state index is 0.224. The van der Waals surface area contributed by atoms with Gasteiger partial charge in [-0.15, -0.1) is 6.58 Å². The van der Waals surface area contributed by atoms with Crippen LogP contribution in [0.3, 0.4) is 0 Å². The maximum Gasteiger partial charge on any atom is 0.0439 e. The van der Waals surface area contributed by atoms with Gasteiger partial charge in [-0.25, -0.2) is 0 Å². The van der Waals surface area contributed by atoms with E-state index in [2.05, 4.69) is 56.9 Å². The van der Waals surface area contributed by atoms with Crippen molar-refractivity contribution in [2.75, 3.05) is 5.75 Å². The fourth-order valence-corrected chi connectivity index (χ4v) is 3.40. The average molecular weight is 234 g/mol. The van der Waals surface area contributed by atoms with Crippen LogP contribution in [0.1, 0.15) is 33.1 Å². The summed E-state index contributed by atoms with van der Waals surface area (Å²) in [5, 5.41) is 0. The molecule has 0 saturated heterocycles. The molecule has 16 heavy (non-hydrogen) atoms. The quantitative estimate of drug-likeness (QED) is 0.589. The van der Waals surface area contributed by atoms with Gasteiger partial charge in [-0.2, -0.15) is 11.8 Å². The summed E-state index contributed by atoms with van der Waals surface area (Å²) in [5.41, 5.74) is 1.44. The van der Waals surface area contributed by atoms with Crippen LogP contribution in [0.25, 0.3) is 0 Å². The number of rotatable bonds is 6. The molecule has 0 fully saturated rings. The molecule has 1 unspecified atom stereocenters. The lowest BCUT2D eigenvalue weighted by molar-refractivity contribution is 0.670. The Hall–Kier alpha value is -0.690. The monoisotopic (exact) mass is 234 g/mol. The molecule has 0 heterocycles. The minimum Gasteiger partial charge on any atom is -0.150 e. The van der Waals surface area contributed by atoms with Crippen molar-refractivity contribution in [1.29, 1.82) is 0 Å². The summed E-state index contributed by atoms with van der Waals surface area (Å²) >= 11 is 2.04. The van der Waals surface area contributed by atoms with Crippen LogP contribution >= 0.6 is 11.8 Å². The van der Waals surface area contributed by atoms with Gasteiger partial charge < -0.3 is 0 Å². The molecule has 0 aromatic heterocycles. The van der Waals surface area contributed by atoms with E-state index >= 15 is 0 Å². The summed E-state index contributed by atoms with van der Waals surface area (Å²) in [6, 6.07) is 0. The van der Waals surface area contributed by atoms with Crippen molar-refractivity contribution in [3.8, 4) is 0 Å². The van der Waals surface area contributed by atoms with Crippen molar-refractivity contribution in [3.63, 3.8) is 0 Å². The van der Waals surface area contributed by atoms with E-state index in [9.17, 15) is 0 Å². The molecule has 0 aromatic rings. The van der Waals surface area contributed by atoms with Gasteiger partial charge in [0.05, 0.1) is 0 Å². The van der Waals surface area contributed by atoms with Crippen LogP contribution in [0.2, 0.25) is 0 Å².